The molecule has 2 aliphatic rings. The summed E-state index contributed by atoms with van der Waals surface area (Å²) in [5.41, 5.74) is 3.65. The maximum absolute atomic E-state index is 12.6. The summed E-state index contributed by atoms with van der Waals surface area (Å²) >= 11 is 0. The average Bonchev–Trinajstić information content (AvgIpc) is 3.23. The minimum Gasteiger partial charge on any atom is -0.375 e. The first-order chi connectivity index (χ1) is 12.3. The quantitative estimate of drug-likeness (QED) is 0.798. The van der Waals surface area contributed by atoms with Crippen molar-refractivity contribution < 1.29 is 19.1 Å². The van der Waals surface area contributed by atoms with Crippen LogP contribution in [0, 0.1) is 17.3 Å². The smallest absolute Gasteiger partial charge is 0.250 e. The van der Waals surface area contributed by atoms with Crippen molar-refractivity contribution in [1.82, 2.24) is 10.3 Å². The minimum absolute atomic E-state index is 0.0703. The molecule has 1 aromatic carbocycles. The number of fused-ring (bicyclic) bond motifs is 1. The van der Waals surface area contributed by atoms with Gasteiger partial charge in [-0.1, -0.05) is 25.1 Å². The summed E-state index contributed by atoms with van der Waals surface area (Å²) in [6.07, 6.45) is 0. The van der Waals surface area contributed by atoms with E-state index < -0.39 is 17.3 Å². The Morgan fingerprint density at radius 3 is 2.69 bits per heavy atom. The second-order valence-electron chi connectivity index (χ2n) is 6.93. The van der Waals surface area contributed by atoms with Gasteiger partial charge in [0.15, 0.2) is 0 Å². The Morgan fingerprint density at radius 1 is 1.35 bits per heavy atom. The van der Waals surface area contributed by atoms with Crippen LogP contribution in [0.4, 0.5) is 5.69 Å². The van der Waals surface area contributed by atoms with Gasteiger partial charge in [-0.2, -0.15) is 5.10 Å². The lowest BCUT2D eigenvalue weighted by Gasteiger charge is -2.22. The van der Waals surface area contributed by atoms with E-state index in [1.807, 2.05) is 19.1 Å². The molecule has 0 unspecified atom stereocenters. The maximum atomic E-state index is 12.6. The number of anilines is 1. The van der Waals surface area contributed by atoms with E-state index in [0.29, 0.717) is 17.0 Å². The Labute approximate surface area is 151 Å². The van der Waals surface area contributed by atoms with Crippen LogP contribution in [0.15, 0.2) is 29.4 Å². The van der Waals surface area contributed by atoms with Crippen LogP contribution in [0.2, 0.25) is 0 Å². The van der Waals surface area contributed by atoms with Crippen molar-refractivity contribution in [2.75, 3.05) is 33.1 Å². The maximum Gasteiger partial charge on any atom is 0.250 e. The topological polar surface area (TPSA) is 100 Å². The summed E-state index contributed by atoms with van der Waals surface area (Å²) in [5.74, 6) is -1.59. The van der Waals surface area contributed by atoms with E-state index >= 15 is 0 Å². The molecule has 3 rings (SSSR count). The van der Waals surface area contributed by atoms with Gasteiger partial charge in [-0.3, -0.25) is 14.4 Å². The van der Waals surface area contributed by atoms with Crippen molar-refractivity contribution >= 4 is 29.1 Å². The van der Waals surface area contributed by atoms with Crippen LogP contribution in [0.5, 0.6) is 0 Å². The van der Waals surface area contributed by atoms with Gasteiger partial charge in [-0.25, -0.2) is 5.43 Å². The average molecular weight is 358 g/mol. The third-order valence-corrected chi connectivity index (χ3v) is 5.03. The highest BCUT2D eigenvalue weighted by molar-refractivity contribution is 6.19. The molecule has 8 heteroatoms. The number of nitrogens with one attached hydrogen (secondary N) is 2. The molecule has 138 valence electrons. The lowest BCUT2D eigenvalue weighted by atomic mass is 9.89. The van der Waals surface area contributed by atoms with Crippen LogP contribution >= 0.6 is 0 Å². The molecule has 3 amide bonds. The number of amides is 3. The second-order valence-corrected chi connectivity index (χ2v) is 6.93. The fraction of sp³-hybridized carbons (Fsp3) is 0.444. The number of methoxy groups -OCH3 is 1. The molecule has 1 fully saturated rings. The predicted molar refractivity (Wildman–Crippen MR) is 95.4 cm³/mol. The van der Waals surface area contributed by atoms with Crippen LogP contribution < -0.4 is 10.7 Å². The molecular formula is C18H22N4O4. The molecule has 1 aliphatic heterocycles. The molecule has 0 aromatic heterocycles. The third-order valence-electron chi connectivity index (χ3n) is 5.03. The Balaban J connectivity index is 1.98. The minimum atomic E-state index is -0.703. The van der Waals surface area contributed by atoms with E-state index in [1.54, 1.807) is 26.2 Å². The fourth-order valence-corrected chi connectivity index (χ4v) is 3.68. The van der Waals surface area contributed by atoms with Gasteiger partial charge in [-0.05, 0) is 6.07 Å². The van der Waals surface area contributed by atoms with Crippen LogP contribution in [0.25, 0.3) is 0 Å². The predicted octanol–water partition coefficient (Wildman–Crippen LogP) is 0.446. The van der Waals surface area contributed by atoms with E-state index in [9.17, 15) is 14.4 Å². The van der Waals surface area contributed by atoms with Crippen LogP contribution in [0.1, 0.15) is 12.5 Å². The van der Waals surface area contributed by atoms with E-state index in [-0.39, 0.29) is 24.3 Å². The highest BCUT2D eigenvalue weighted by Crippen LogP contribution is 2.62. The first kappa shape index (κ1) is 18.1. The lowest BCUT2D eigenvalue weighted by Crippen LogP contribution is -2.34. The summed E-state index contributed by atoms with van der Waals surface area (Å²) in [7, 11) is 4.78. The van der Waals surface area contributed by atoms with Gasteiger partial charge in [0, 0.05) is 37.9 Å². The number of ether oxygens (including phenoxy) is 1. The van der Waals surface area contributed by atoms with Gasteiger partial charge >= 0.3 is 0 Å². The van der Waals surface area contributed by atoms with Crippen molar-refractivity contribution in [3.63, 3.8) is 0 Å². The lowest BCUT2D eigenvalue weighted by molar-refractivity contribution is -0.132. The Morgan fingerprint density at radius 2 is 2.04 bits per heavy atom. The van der Waals surface area contributed by atoms with Crippen LogP contribution in [0.3, 0.4) is 0 Å². The molecule has 1 heterocycles. The summed E-state index contributed by atoms with van der Waals surface area (Å²) in [4.78, 5) is 38.2. The van der Waals surface area contributed by atoms with Crippen LogP contribution in [-0.4, -0.2) is 56.1 Å². The molecule has 26 heavy (non-hydrogen) atoms. The zero-order valence-corrected chi connectivity index (χ0v) is 15.2. The molecule has 3 atom stereocenters. The van der Waals surface area contributed by atoms with E-state index in [2.05, 4.69) is 15.8 Å². The normalized spacial score (nSPS) is 26.3. The van der Waals surface area contributed by atoms with Gasteiger partial charge in [0.25, 0.3) is 0 Å². The number of carbonyl (C=O) groups excluding carboxylic acids is 3. The molecule has 8 nitrogen and oxygen atoms in total. The van der Waals surface area contributed by atoms with Gasteiger partial charge in [0.2, 0.25) is 17.7 Å². The number of hydrogen-bond acceptors (Lipinski definition) is 5. The monoisotopic (exact) mass is 358 g/mol. The molecular weight excluding hydrogens is 336 g/mol. The molecule has 1 saturated carbocycles. The molecule has 1 aromatic rings. The number of nitrogens with zero attached hydrogens (tertiary/aromatic N) is 2. The van der Waals surface area contributed by atoms with E-state index in [1.165, 1.54) is 12.0 Å². The first-order valence-corrected chi connectivity index (χ1v) is 8.29. The standard InChI is InChI=1S/C18H22N4O4/c1-18-13(14(18)17(25)22(2)3)16(24)21-20-15(18)10-7-5-6-8-11(10)19-12(23)9-26-4/h5-8,13-14H,9H2,1-4H3,(H,19,23)(H,21,24)/t13-,14+,18+/m1/s1. The molecule has 2 N–H and O–H groups in total. The van der Waals surface area contributed by atoms with E-state index in [0.717, 1.165) is 0 Å². The number of hydrazone groups is 1. The van der Waals surface area contributed by atoms with Gasteiger partial charge in [0.1, 0.15) is 6.61 Å². The number of hydrogen-bond donors (Lipinski definition) is 2. The van der Waals surface area contributed by atoms with Crippen molar-refractivity contribution in [2.45, 2.75) is 6.92 Å². The largest absolute Gasteiger partial charge is 0.375 e. The number of rotatable bonds is 5. The summed E-state index contributed by atoms with van der Waals surface area (Å²) < 4.78 is 4.85. The highest BCUT2D eigenvalue weighted by Gasteiger charge is 2.73. The molecule has 0 bridgehead atoms. The van der Waals surface area contributed by atoms with Gasteiger partial charge < -0.3 is 15.0 Å². The zero-order chi connectivity index (χ0) is 19.1. The second kappa shape index (κ2) is 6.53. The number of carbonyl (C=O) groups is 3. The van der Waals surface area contributed by atoms with Crippen molar-refractivity contribution in [2.24, 2.45) is 22.4 Å². The Hall–Kier alpha value is -2.74. The highest BCUT2D eigenvalue weighted by atomic mass is 16.5. The fourth-order valence-electron chi connectivity index (χ4n) is 3.68. The molecule has 0 radical (unpaired) electrons. The van der Waals surface area contributed by atoms with Crippen molar-refractivity contribution in [3.8, 4) is 0 Å². The number of benzene rings is 1. The Kier molecular flexibility index (Phi) is 4.53. The van der Waals surface area contributed by atoms with Gasteiger partial charge in [-0.15, -0.1) is 0 Å². The zero-order valence-electron chi connectivity index (χ0n) is 15.2. The molecule has 0 spiro atoms. The summed E-state index contributed by atoms with van der Waals surface area (Å²) in [6.45, 7) is 1.80. The van der Waals surface area contributed by atoms with E-state index in [4.69, 9.17) is 4.74 Å². The van der Waals surface area contributed by atoms with Crippen molar-refractivity contribution in [3.05, 3.63) is 29.8 Å². The van der Waals surface area contributed by atoms with Gasteiger partial charge in [0.05, 0.1) is 17.5 Å². The summed E-state index contributed by atoms with van der Waals surface area (Å²) in [5, 5.41) is 7.04. The van der Waals surface area contributed by atoms with Crippen molar-refractivity contribution in [1.29, 1.82) is 0 Å². The SMILES string of the molecule is COCC(=O)Nc1ccccc1C1=NNC(=O)[C@H]2[C@@H](C(=O)N(C)C)[C@@]12C. The third kappa shape index (κ3) is 2.76. The molecule has 1 aliphatic carbocycles. The summed E-state index contributed by atoms with van der Waals surface area (Å²) in [6, 6.07) is 7.19. The Bertz CT molecular complexity index is 804. The molecule has 0 saturated heterocycles. The number of para-hydroxylation sites is 1. The first-order valence-electron chi connectivity index (χ1n) is 8.29. The van der Waals surface area contributed by atoms with Crippen LogP contribution in [-0.2, 0) is 19.1 Å².